The van der Waals surface area contributed by atoms with Gasteiger partial charge in [-0.3, -0.25) is 9.89 Å². The lowest BCUT2D eigenvalue weighted by atomic mass is 10.0. The van der Waals surface area contributed by atoms with E-state index in [1.54, 1.807) is 37.6 Å². The first-order chi connectivity index (χ1) is 17.8. The van der Waals surface area contributed by atoms with E-state index < -0.39 is 35.1 Å². The third-order valence-electron chi connectivity index (χ3n) is 5.43. The molecular weight excluding hydrogens is 512 g/mol. The number of pyridine rings is 1. The first-order valence-corrected chi connectivity index (χ1v) is 10.8. The Labute approximate surface area is 211 Å². The Bertz CT molecular complexity index is 1530. The van der Waals surface area contributed by atoms with E-state index in [0.29, 0.717) is 34.4 Å². The van der Waals surface area contributed by atoms with Crippen LogP contribution < -0.4 is 11.1 Å². The van der Waals surface area contributed by atoms with Gasteiger partial charge in [0.05, 0.1) is 22.9 Å². The molecule has 12 heteroatoms. The van der Waals surface area contributed by atoms with Gasteiger partial charge >= 0.3 is 12.4 Å². The maximum absolute atomic E-state index is 13.1. The van der Waals surface area contributed by atoms with Gasteiger partial charge in [0.1, 0.15) is 5.82 Å². The van der Waals surface area contributed by atoms with Crippen molar-refractivity contribution in [1.29, 1.82) is 0 Å². The number of amides is 1. The number of aromatic nitrogens is 3. The molecule has 38 heavy (non-hydrogen) atoms. The average molecular weight is 529 g/mol. The highest BCUT2D eigenvalue weighted by Gasteiger charge is 2.37. The predicted octanol–water partition coefficient (Wildman–Crippen LogP) is 6.05. The van der Waals surface area contributed by atoms with Crippen molar-refractivity contribution in [3.63, 3.8) is 0 Å². The fraction of sp³-hybridized carbons (Fsp3) is 0.115. The van der Waals surface area contributed by atoms with Gasteiger partial charge in [-0.05, 0) is 48.9 Å². The zero-order valence-electron chi connectivity index (χ0n) is 19.4. The van der Waals surface area contributed by atoms with Gasteiger partial charge in [-0.2, -0.15) is 31.4 Å². The second kappa shape index (κ2) is 9.93. The van der Waals surface area contributed by atoms with Crippen molar-refractivity contribution in [3.05, 3.63) is 94.4 Å². The third-order valence-corrected chi connectivity index (χ3v) is 5.43. The minimum atomic E-state index is -5.04. The van der Waals surface area contributed by atoms with Crippen LogP contribution in [-0.2, 0) is 12.4 Å². The summed E-state index contributed by atoms with van der Waals surface area (Å²) < 4.78 is 78.8. The van der Waals surface area contributed by atoms with E-state index in [2.05, 4.69) is 32.3 Å². The van der Waals surface area contributed by atoms with E-state index in [9.17, 15) is 31.1 Å². The number of hydrogen-bond acceptors (Lipinski definition) is 4. The van der Waals surface area contributed by atoms with Crippen molar-refractivity contribution in [2.75, 3.05) is 11.1 Å². The molecule has 2 heterocycles. The van der Waals surface area contributed by atoms with Crippen LogP contribution in [0.2, 0.25) is 0 Å². The maximum Gasteiger partial charge on any atom is 0.416 e. The summed E-state index contributed by atoms with van der Waals surface area (Å²) in [6, 6.07) is 6.86. The minimum absolute atomic E-state index is 0.0165. The molecule has 4 N–H and O–H groups in total. The van der Waals surface area contributed by atoms with Crippen LogP contribution >= 0.6 is 0 Å². The normalized spacial score (nSPS) is 11.6. The summed E-state index contributed by atoms with van der Waals surface area (Å²) in [5, 5.41) is 8.67. The first-order valence-electron chi connectivity index (χ1n) is 10.8. The lowest BCUT2D eigenvalue weighted by molar-refractivity contribution is -0.143. The number of aromatic amines is 1. The van der Waals surface area contributed by atoms with Crippen LogP contribution in [0.25, 0.3) is 11.1 Å². The first kappa shape index (κ1) is 26.3. The van der Waals surface area contributed by atoms with Crippen molar-refractivity contribution < 1.29 is 31.1 Å². The molecule has 2 aromatic carbocycles. The number of nitrogens with two attached hydrogens (primary N) is 1. The Morgan fingerprint density at radius 2 is 1.55 bits per heavy atom. The molecule has 0 fully saturated rings. The Kier molecular flexibility index (Phi) is 6.87. The Morgan fingerprint density at radius 3 is 2.16 bits per heavy atom. The molecule has 0 aliphatic heterocycles. The summed E-state index contributed by atoms with van der Waals surface area (Å²) in [5.41, 5.74) is 5.12. The number of nitrogens with one attached hydrogen (secondary N) is 2. The van der Waals surface area contributed by atoms with Crippen LogP contribution in [0.3, 0.4) is 0 Å². The molecule has 194 valence electrons. The topological polar surface area (TPSA) is 96.7 Å². The largest absolute Gasteiger partial charge is 0.416 e. The summed E-state index contributed by atoms with van der Waals surface area (Å²) in [6.45, 7) is 1.72. The lowest BCUT2D eigenvalue weighted by Crippen LogP contribution is -2.16. The van der Waals surface area contributed by atoms with Gasteiger partial charge in [0.2, 0.25) is 0 Å². The monoisotopic (exact) mass is 529 g/mol. The van der Waals surface area contributed by atoms with E-state index in [-0.39, 0.29) is 17.4 Å². The molecular formula is C26H17F6N5O. The van der Waals surface area contributed by atoms with Crippen molar-refractivity contribution in [3.8, 4) is 23.0 Å². The second-order valence-electron chi connectivity index (χ2n) is 8.17. The van der Waals surface area contributed by atoms with E-state index in [0.717, 1.165) is 5.56 Å². The standard InChI is InChI=1S/C26H17F6N5O/c1-14-2-3-17(24(38)37-22-9-20(25(27,28)29)8-21(10-22)26(30,31)32)6-15(14)4-5-16-7-18(11-34-23(16)33)19-12-35-36-13-19/h2-3,6-13H,1H3,(H2,33,34)(H,35,36)(H,37,38). The number of carbonyl (C=O) groups is 1. The third kappa shape index (κ3) is 5.95. The molecule has 0 radical (unpaired) electrons. The Morgan fingerprint density at radius 1 is 0.895 bits per heavy atom. The van der Waals surface area contributed by atoms with E-state index >= 15 is 0 Å². The summed E-state index contributed by atoms with van der Waals surface area (Å²) in [4.78, 5) is 16.9. The summed E-state index contributed by atoms with van der Waals surface area (Å²) in [5.74, 6) is 5.03. The van der Waals surface area contributed by atoms with Gasteiger partial charge in [-0.25, -0.2) is 4.98 Å². The number of aryl methyl sites for hydroxylation is 1. The summed E-state index contributed by atoms with van der Waals surface area (Å²) in [6.07, 6.45) is -5.27. The molecule has 0 saturated carbocycles. The van der Waals surface area contributed by atoms with Gasteiger partial charge in [-0.15, -0.1) is 0 Å². The number of benzene rings is 2. The number of H-pyrrole nitrogens is 1. The molecule has 2 aromatic heterocycles. The quantitative estimate of drug-likeness (QED) is 0.222. The van der Waals surface area contributed by atoms with Gasteiger partial charge in [-0.1, -0.05) is 17.9 Å². The molecule has 0 atom stereocenters. The smallest absolute Gasteiger partial charge is 0.383 e. The zero-order chi connectivity index (χ0) is 27.7. The van der Waals surface area contributed by atoms with E-state index in [1.165, 1.54) is 12.1 Å². The van der Waals surface area contributed by atoms with Crippen molar-refractivity contribution in [1.82, 2.24) is 15.2 Å². The molecule has 6 nitrogen and oxygen atoms in total. The van der Waals surface area contributed by atoms with Crippen LogP contribution in [-0.4, -0.2) is 21.1 Å². The Balaban J connectivity index is 1.63. The highest BCUT2D eigenvalue weighted by Crippen LogP contribution is 2.37. The van der Waals surface area contributed by atoms with Crippen molar-refractivity contribution in [2.45, 2.75) is 19.3 Å². The van der Waals surface area contributed by atoms with Crippen molar-refractivity contribution in [2.24, 2.45) is 0 Å². The SMILES string of the molecule is Cc1ccc(C(=O)Nc2cc(C(F)(F)F)cc(C(F)(F)F)c2)cc1C#Cc1cc(-c2cn[nH]c2)cnc1N. The molecule has 1 amide bonds. The second-order valence-corrected chi connectivity index (χ2v) is 8.17. The molecule has 0 aliphatic rings. The molecule has 0 unspecified atom stereocenters. The average Bonchev–Trinajstić information content (AvgIpc) is 3.38. The van der Waals surface area contributed by atoms with Gasteiger partial charge in [0, 0.05) is 40.3 Å². The van der Waals surface area contributed by atoms with Crippen LogP contribution in [0, 0.1) is 18.8 Å². The molecule has 0 aliphatic carbocycles. The summed E-state index contributed by atoms with van der Waals surface area (Å²) >= 11 is 0. The van der Waals surface area contributed by atoms with Gasteiger partial charge < -0.3 is 11.1 Å². The number of rotatable bonds is 3. The highest BCUT2D eigenvalue weighted by molar-refractivity contribution is 6.04. The fourth-order valence-corrected chi connectivity index (χ4v) is 3.41. The molecule has 0 spiro atoms. The molecule has 4 aromatic rings. The summed E-state index contributed by atoms with van der Waals surface area (Å²) in [7, 11) is 0. The molecule has 0 bridgehead atoms. The predicted molar refractivity (Wildman–Crippen MR) is 128 cm³/mol. The van der Waals surface area contributed by atoms with Crippen LogP contribution in [0.1, 0.15) is 38.2 Å². The number of nitrogens with zero attached hydrogens (tertiary/aromatic N) is 2. The van der Waals surface area contributed by atoms with Crippen molar-refractivity contribution >= 4 is 17.4 Å². The van der Waals surface area contributed by atoms with Crippen LogP contribution in [0.5, 0.6) is 0 Å². The van der Waals surface area contributed by atoms with Crippen LogP contribution in [0.15, 0.2) is 61.1 Å². The van der Waals surface area contributed by atoms with Gasteiger partial charge in [0.25, 0.3) is 5.91 Å². The van der Waals surface area contributed by atoms with Crippen LogP contribution in [0.4, 0.5) is 37.8 Å². The lowest BCUT2D eigenvalue weighted by Gasteiger charge is -2.15. The number of anilines is 2. The Hall–Kier alpha value is -4.79. The number of halogens is 6. The fourth-order valence-electron chi connectivity index (χ4n) is 3.41. The minimum Gasteiger partial charge on any atom is -0.383 e. The highest BCUT2D eigenvalue weighted by atomic mass is 19.4. The molecule has 0 saturated heterocycles. The number of alkyl halides is 6. The molecule has 4 rings (SSSR count). The maximum atomic E-state index is 13.1. The van der Waals surface area contributed by atoms with E-state index in [1.807, 2.05) is 0 Å². The number of carbonyl (C=O) groups excluding carboxylic acids is 1. The van der Waals surface area contributed by atoms with Gasteiger partial charge in [0.15, 0.2) is 0 Å². The number of hydrogen-bond donors (Lipinski definition) is 3. The zero-order valence-corrected chi connectivity index (χ0v) is 19.4. The van der Waals surface area contributed by atoms with E-state index in [4.69, 9.17) is 5.73 Å². The number of nitrogen functional groups attached to an aromatic ring is 1.